The topological polar surface area (TPSA) is 114 Å². The molecule has 1 fully saturated rings. The molecule has 4 aromatic rings. The van der Waals surface area contributed by atoms with Crippen molar-refractivity contribution in [2.75, 3.05) is 13.1 Å². The number of aromatic nitrogens is 6. The molecule has 1 aliphatic heterocycles. The van der Waals surface area contributed by atoms with Gasteiger partial charge in [0.1, 0.15) is 5.69 Å². The third kappa shape index (κ3) is 3.46. The Labute approximate surface area is 166 Å². The summed E-state index contributed by atoms with van der Waals surface area (Å²) >= 11 is 0. The van der Waals surface area contributed by atoms with E-state index in [1.54, 1.807) is 18.6 Å². The minimum absolute atomic E-state index is 0.0412. The van der Waals surface area contributed by atoms with Gasteiger partial charge in [0.15, 0.2) is 11.5 Å². The lowest BCUT2D eigenvalue weighted by Crippen LogP contribution is -2.40. The predicted molar refractivity (Wildman–Crippen MR) is 104 cm³/mol. The molecule has 5 rings (SSSR count). The predicted octanol–water partition coefficient (Wildman–Crippen LogP) is 2.50. The number of carbonyl (C=O) groups is 1. The summed E-state index contributed by atoms with van der Waals surface area (Å²) in [6.45, 7) is 1.38. The summed E-state index contributed by atoms with van der Waals surface area (Å²) in [5, 5.41) is 12.1. The average molecular weight is 389 g/mol. The quantitative estimate of drug-likeness (QED) is 0.570. The number of nitrogens with one attached hydrogen (secondary N) is 1. The molecule has 1 atom stereocenters. The van der Waals surface area contributed by atoms with Crippen LogP contribution in [0.1, 0.15) is 29.2 Å². The molecule has 0 aliphatic carbocycles. The van der Waals surface area contributed by atoms with Gasteiger partial charge in [0, 0.05) is 37.3 Å². The Hall–Kier alpha value is -3.62. The third-order valence-electron chi connectivity index (χ3n) is 5.20. The standard InChI is InChI=1S/C20H19N7O2/c28-20(18-14-5-1-2-6-15(14)24-25-18)27-9-3-4-13(12-27)10-17-23-19(29-26-17)16-11-21-7-8-22-16/h1-2,5-8,11,13H,3-4,9-10,12H2,(H,24,25). The summed E-state index contributed by atoms with van der Waals surface area (Å²) < 4.78 is 5.32. The second-order valence-electron chi connectivity index (χ2n) is 7.19. The average Bonchev–Trinajstić information content (AvgIpc) is 3.41. The summed E-state index contributed by atoms with van der Waals surface area (Å²) in [7, 11) is 0. The van der Waals surface area contributed by atoms with E-state index in [0.29, 0.717) is 36.1 Å². The number of piperidine rings is 1. The Bertz CT molecular complexity index is 1140. The molecular formula is C20H19N7O2. The van der Waals surface area contributed by atoms with E-state index in [2.05, 4.69) is 30.3 Å². The van der Waals surface area contributed by atoms with Crippen molar-refractivity contribution in [1.29, 1.82) is 0 Å². The van der Waals surface area contributed by atoms with Gasteiger partial charge in [0.25, 0.3) is 11.8 Å². The van der Waals surface area contributed by atoms with Crippen LogP contribution in [-0.4, -0.2) is 54.2 Å². The maximum absolute atomic E-state index is 13.0. The van der Waals surface area contributed by atoms with Gasteiger partial charge >= 0.3 is 0 Å². The van der Waals surface area contributed by atoms with Crippen molar-refractivity contribution >= 4 is 16.8 Å². The highest BCUT2D eigenvalue weighted by Gasteiger charge is 2.28. The molecule has 1 amide bonds. The highest BCUT2D eigenvalue weighted by Crippen LogP contribution is 2.24. The first-order valence-electron chi connectivity index (χ1n) is 9.59. The molecule has 0 bridgehead atoms. The van der Waals surface area contributed by atoms with E-state index in [1.165, 1.54) is 0 Å². The number of amides is 1. The zero-order valence-electron chi connectivity index (χ0n) is 15.7. The molecule has 1 saturated heterocycles. The SMILES string of the molecule is O=C(c1n[nH]c2ccccc12)N1CCCC(Cc2noc(-c3cnccn3)n2)C1. The first-order valence-corrected chi connectivity index (χ1v) is 9.59. The van der Waals surface area contributed by atoms with Crippen molar-refractivity contribution in [3.63, 3.8) is 0 Å². The van der Waals surface area contributed by atoms with E-state index in [0.717, 1.165) is 30.3 Å². The molecule has 146 valence electrons. The number of fused-ring (bicyclic) bond motifs is 1. The largest absolute Gasteiger partial charge is 0.337 e. The molecule has 9 heteroatoms. The van der Waals surface area contributed by atoms with Crippen LogP contribution in [0.4, 0.5) is 0 Å². The van der Waals surface area contributed by atoms with E-state index in [-0.39, 0.29) is 11.8 Å². The molecule has 0 saturated carbocycles. The summed E-state index contributed by atoms with van der Waals surface area (Å²) in [6, 6.07) is 7.67. The van der Waals surface area contributed by atoms with E-state index in [1.807, 2.05) is 29.2 Å². The lowest BCUT2D eigenvalue weighted by atomic mass is 9.94. The minimum Gasteiger partial charge on any atom is -0.337 e. The van der Waals surface area contributed by atoms with Crippen LogP contribution >= 0.6 is 0 Å². The number of rotatable bonds is 4. The fraction of sp³-hybridized carbons (Fsp3) is 0.300. The van der Waals surface area contributed by atoms with Gasteiger partial charge in [0.05, 0.1) is 11.7 Å². The first-order chi connectivity index (χ1) is 14.3. The van der Waals surface area contributed by atoms with E-state index in [9.17, 15) is 4.79 Å². The van der Waals surface area contributed by atoms with Crippen LogP contribution in [-0.2, 0) is 6.42 Å². The molecular weight excluding hydrogens is 370 g/mol. The monoisotopic (exact) mass is 389 g/mol. The van der Waals surface area contributed by atoms with Crippen molar-refractivity contribution in [3.05, 3.63) is 54.4 Å². The molecule has 0 radical (unpaired) electrons. The van der Waals surface area contributed by atoms with Crippen molar-refractivity contribution in [1.82, 2.24) is 35.2 Å². The van der Waals surface area contributed by atoms with Crippen LogP contribution in [0, 0.1) is 5.92 Å². The van der Waals surface area contributed by atoms with Gasteiger partial charge in [-0.25, -0.2) is 4.98 Å². The molecule has 9 nitrogen and oxygen atoms in total. The molecule has 1 aliphatic rings. The number of likely N-dealkylation sites (tertiary alicyclic amines) is 1. The van der Waals surface area contributed by atoms with Crippen LogP contribution in [0.2, 0.25) is 0 Å². The Kier molecular flexibility index (Phi) is 4.47. The number of aromatic amines is 1. The zero-order valence-corrected chi connectivity index (χ0v) is 15.7. The number of H-pyrrole nitrogens is 1. The summed E-state index contributed by atoms with van der Waals surface area (Å²) in [5.41, 5.74) is 1.90. The van der Waals surface area contributed by atoms with E-state index >= 15 is 0 Å². The summed E-state index contributed by atoms with van der Waals surface area (Å²) in [4.78, 5) is 27.5. The molecule has 4 heterocycles. The van der Waals surface area contributed by atoms with Crippen molar-refractivity contribution in [2.24, 2.45) is 5.92 Å². The second kappa shape index (κ2) is 7.42. The van der Waals surface area contributed by atoms with Crippen LogP contribution < -0.4 is 0 Å². The summed E-state index contributed by atoms with van der Waals surface area (Å²) in [5.74, 6) is 1.21. The maximum Gasteiger partial charge on any atom is 0.278 e. The van der Waals surface area contributed by atoms with Crippen LogP contribution in [0.25, 0.3) is 22.5 Å². The van der Waals surface area contributed by atoms with E-state index in [4.69, 9.17) is 4.52 Å². The number of hydrogen-bond donors (Lipinski definition) is 1. The van der Waals surface area contributed by atoms with Crippen molar-refractivity contribution in [2.45, 2.75) is 19.3 Å². The highest BCUT2D eigenvalue weighted by atomic mass is 16.5. The van der Waals surface area contributed by atoms with Gasteiger partial charge in [0.2, 0.25) is 0 Å². The molecule has 1 unspecified atom stereocenters. The molecule has 1 N–H and O–H groups in total. The lowest BCUT2D eigenvalue weighted by Gasteiger charge is -2.31. The number of carbonyl (C=O) groups excluding carboxylic acids is 1. The Balaban J connectivity index is 1.29. The number of benzene rings is 1. The van der Waals surface area contributed by atoms with Gasteiger partial charge in [-0.2, -0.15) is 10.1 Å². The molecule has 3 aromatic heterocycles. The van der Waals surface area contributed by atoms with Crippen LogP contribution in [0.15, 0.2) is 47.4 Å². The van der Waals surface area contributed by atoms with Gasteiger partial charge in [-0.05, 0) is 24.8 Å². The number of hydrogen-bond acceptors (Lipinski definition) is 7. The smallest absolute Gasteiger partial charge is 0.278 e. The van der Waals surface area contributed by atoms with Gasteiger partial charge < -0.3 is 9.42 Å². The second-order valence-corrected chi connectivity index (χ2v) is 7.19. The van der Waals surface area contributed by atoms with Crippen molar-refractivity contribution in [3.8, 4) is 11.6 Å². The Morgan fingerprint density at radius 3 is 3.10 bits per heavy atom. The lowest BCUT2D eigenvalue weighted by molar-refractivity contribution is 0.0668. The zero-order chi connectivity index (χ0) is 19.6. The van der Waals surface area contributed by atoms with E-state index < -0.39 is 0 Å². The third-order valence-corrected chi connectivity index (χ3v) is 5.20. The normalized spacial score (nSPS) is 17.0. The fourth-order valence-corrected chi connectivity index (χ4v) is 3.80. The van der Waals surface area contributed by atoms with Gasteiger partial charge in [-0.1, -0.05) is 23.4 Å². The fourth-order valence-electron chi connectivity index (χ4n) is 3.80. The number of para-hydroxylation sites is 1. The molecule has 29 heavy (non-hydrogen) atoms. The Morgan fingerprint density at radius 2 is 2.21 bits per heavy atom. The van der Waals surface area contributed by atoms with Crippen LogP contribution in [0.3, 0.4) is 0 Å². The van der Waals surface area contributed by atoms with Crippen molar-refractivity contribution < 1.29 is 9.32 Å². The maximum atomic E-state index is 13.0. The van der Waals surface area contributed by atoms with Gasteiger partial charge in [-0.15, -0.1) is 0 Å². The minimum atomic E-state index is -0.0412. The highest BCUT2D eigenvalue weighted by molar-refractivity contribution is 6.04. The van der Waals surface area contributed by atoms with Crippen LogP contribution in [0.5, 0.6) is 0 Å². The molecule has 0 spiro atoms. The Morgan fingerprint density at radius 1 is 1.28 bits per heavy atom. The first kappa shape index (κ1) is 17.5. The number of nitrogens with zero attached hydrogens (tertiary/aromatic N) is 6. The molecule has 1 aromatic carbocycles. The summed E-state index contributed by atoms with van der Waals surface area (Å²) in [6.07, 6.45) is 7.37. The van der Waals surface area contributed by atoms with Gasteiger partial charge in [-0.3, -0.25) is 14.9 Å².